The highest BCUT2D eigenvalue weighted by molar-refractivity contribution is 5.33. The molecule has 40 heavy (non-hydrogen) atoms. The van der Waals surface area contributed by atoms with Gasteiger partial charge in [0.25, 0.3) is 0 Å². The van der Waals surface area contributed by atoms with Crippen molar-refractivity contribution in [3.8, 4) is 23.0 Å². The van der Waals surface area contributed by atoms with Gasteiger partial charge in [-0.05, 0) is 51.4 Å². The van der Waals surface area contributed by atoms with Crippen molar-refractivity contribution in [2.75, 3.05) is 28.4 Å². The second-order valence-corrected chi connectivity index (χ2v) is 9.96. The van der Waals surface area contributed by atoms with Crippen molar-refractivity contribution in [2.24, 2.45) is 0 Å². The van der Waals surface area contributed by atoms with Crippen LogP contribution in [-0.2, 0) is 51.4 Å². The third-order valence-electron chi connectivity index (χ3n) is 7.11. The molecule has 0 unspecified atom stereocenters. The first-order valence-electron chi connectivity index (χ1n) is 13.7. The molecule has 0 N–H and O–H groups in total. The first-order chi connectivity index (χ1) is 19.5. The minimum atomic E-state index is 0.742. The van der Waals surface area contributed by atoms with E-state index in [4.69, 9.17) is 38.9 Å². The zero-order valence-corrected chi connectivity index (χ0v) is 23.7. The number of rotatable bonds is 4. The summed E-state index contributed by atoms with van der Waals surface area (Å²) in [5.41, 5.74) is 7.79. The molecule has 5 rings (SSSR count). The summed E-state index contributed by atoms with van der Waals surface area (Å²) in [5.74, 6) is 3.24. The van der Waals surface area contributed by atoms with Crippen molar-refractivity contribution in [2.45, 2.75) is 51.4 Å². The molecule has 0 spiro atoms. The van der Waals surface area contributed by atoms with Gasteiger partial charge in [-0.25, -0.2) is 0 Å². The molecule has 0 fully saturated rings. The number of methoxy groups -OCH3 is 4. The fourth-order valence-corrected chi connectivity index (χ4v) is 5.00. The third kappa shape index (κ3) is 7.05. The topological polar surface area (TPSA) is 88.5 Å². The number of ether oxygens (including phenoxy) is 4. The summed E-state index contributed by atoms with van der Waals surface area (Å²) in [7, 11) is 6.77. The van der Waals surface area contributed by atoms with E-state index in [-0.39, 0.29) is 0 Å². The Morgan fingerprint density at radius 1 is 0.325 bits per heavy atom. The van der Waals surface area contributed by atoms with Crippen molar-refractivity contribution in [3.05, 3.63) is 94.1 Å². The van der Waals surface area contributed by atoms with E-state index in [2.05, 4.69) is 0 Å². The van der Waals surface area contributed by atoms with Crippen LogP contribution in [0.25, 0.3) is 0 Å². The van der Waals surface area contributed by atoms with Crippen LogP contribution >= 0.6 is 0 Å². The monoisotopic (exact) mass is 540 g/mol. The van der Waals surface area contributed by atoms with Gasteiger partial charge in [-0.1, -0.05) is 0 Å². The molecule has 0 aliphatic carbocycles. The molecule has 8 heteroatoms. The molecule has 0 amide bonds. The van der Waals surface area contributed by atoms with Crippen LogP contribution in [0.15, 0.2) is 48.5 Å². The van der Waals surface area contributed by atoms with Crippen LogP contribution in [0, 0.1) is 0 Å². The number of aromatic nitrogens is 4. The lowest BCUT2D eigenvalue weighted by molar-refractivity contribution is 0.411. The summed E-state index contributed by atoms with van der Waals surface area (Å²) in [6.07, 6.45) is 5.94. The highest BCUT2D eigenvalue weighted by Crippen LogP contribution is 2.23. The van der Waals surface area contributed by atoms with E-state index in [1.165, 1.54) is 0 Å². The molecule has 0 radical (unpaired) electrons. The van der Waals surface area contributed by atoms with E-state index >= 15 is 0 Å². The Kier molecular flexibility index (Phi) is 8.74. The van der Waals surface area contributed by atoms with Crippen molar-refractivity contribution in [3.63, 3.8) is 0 Å². The Balaban J connectivity index is 1.51. The molecule has 0 aromatic carbocycles. The minimum absolute atomic E-state index is 0.742. The lowest BCUT2D eigenvalue weighted by atomic mass is 10.1. The molecular formula is C32H36N4O4. The number of fused-ring (bicyclic) bond motifs is 8. The molecule has 4 aromatic rings. The van der Waals surface area contributed by atoms with Gasteiger partial charge in [0.2, 0.25) is 0 Å². The average molecular weight is 541 g/mol. The van der Waals surface area contributed by atoms with Gasteiger partial charge in [0.15, 0.2) is 0 Å². The molecule has 0 saturated carbocycles. The molecule has 1 aliphatic heterocycles. The lowest BCUT2D eigenvalue weighted by Crippen LogP contribution is -2.07. The summed E-state index contributed by atoms with van der Waals surface area (Å²) >= 11 is 0. The van der Waals surface area contributed by atoms with Crippen molar-refractivity contribution < 1.29 is 18.9 Å². The normalized spacial score (nSPS) is 13.7. The molecule has 0 saturated heterocycles. The minimum Gasteiger partial charge on any atom is -0.497 e. The predicted octanol–water partition coefficient (Wildman–Crippen LogP) is 4.76. The molecule has 8 nitrogen and oxygen atoms in total. The fraction of sp³-hybridized carbons (Fsp3) is 0.375. The predicted molar refractivity (Wildman–Crippen MR) is 153 cm³/mol. The van der Waals surface area contributed by atoms with Crippen LogP contribution < -0.4 is 18.9 Å². The highest BCUT2D eigenvalue weighted by Gasteiger charge is 2.12. The van der Waals surface area contributed by atoms with Gasteiger partial charge in [-0.3, -0.25) is 19.9 Å². The fourth-order valence-electron chi connectivity index (χ4n) is 5.00. The molecule has 1 aliphatic rings. The van der Waals surface area contributed by atoms with Crippen LogP contribution in [0.4, 0.5) is 0 Å². The SMILES string of the molecule is COc1cc2nc(c1)CCc1cc(OC)cc(n1)CCc1cc(OC)cc(n1)CCc1cc(OC)cc(n1)CC2. The average Bonchev–Trinajstić information content (AvgIpc) is 2.99. The zero-order valence-electron chi connectivity index (χ0n) is 23.7. The third-order valence-corrected chi connectivity index (χ3v) is 7.11. The molecule has 4 aromatic heterocycles. The molecular weight excluding hydrogens is 504 g/mol. The Hall–Kier alpha value is -4.20. The number of hydrogen-bond donors (Lipinski definition) is 0. The maximum atomic E-state index is 5.60. The van der Waals surface area contributed by atoms with Gasteiger partial charge in [0.1, 0.15) is 23.0 Å². The first-order valence-corrected chi connectivity index (χ1v) is 13.7. The highest BCUT2D eigenvalue weighted by atomic mass is 16.5. The summed E-state index contributed by atoms with van der Waals surface area (Å²) < 4.78 is 22.4. The van der Waals surface area contributed by atoms with Gasteiger partial charge in [-0.2, -0.15) is 0 Å². The van der Waals surface area contributed by atoms with Crippen LogP contribution in [0.5, 0.6) is 23.0 Å². The summed E-state index contributed by atoms with van der Waals surface area (Å²) in [5, 5.41) is 0. The van der Waals surface area contributed by atoms with E-state index in [1.54, 1.807) is 28.4 Å². The smallest absolute Gasteiger partial charge is 0.122 e. The Bertz CT molecular complexity index is 1160. The molecule has 5 heterocycles. The molecule has 0 atom stereocenters. The van der Waals surface area contributed by atoms with Gasteiger partial charge in [0.05, 0.1) is 28.4 Å². The number of pyridine rings is 4. The van der Waals surface area contributed by atoms with Crippen molar-refractivity contribution in [1.82, 2.24) is 19.9 Å². The Morgan fingerprint density at radius 2 is 0.475 bits per heavy atom. The van der Waals surface area contributed by atoms with E-state index in [0.29, 0.717) is 0 Å². The molecule has 8 bridgehead atoms. The lowest BCUT2D eigenvalue weighted by Gasteiger charge is -2.13. The maximum absolute atomic E-state index is 5.60. The number of hydrogen-bond acceptors (Lipinski definition) is 8. The maximum Gasteiger partial charge on any atom is 0.122 e. The van der Waals surface area contributed by atoms with Crippen LogP contribution in [0.2, 0.25) is 0 Å². The van der Waals surface area contributed by atoms with Gasteiger partial charge < -0.3 is 18.9 Å². The van der Waals surface area contributed by atoms with Gasteiger partial charge >= 0.3 is 0 Å². The standard InChI is InChI=1S/C32H36N4O4/c1-37-29-13-21-5-7-23-15-30(38-2)17-25(34-23)9-11-27-19-32(40-4)20-28(36-27)12-10-26-18-31(39-3)16-24(35-26)8-6-22(14-29)33-21/h13-20H,5-12H2,1-4H3. The summed E-state index contributed by atoms with van der Waals surface area (Å²) in [6.45, 7) is 0. The number of aryl methyl sites for hydroxylation is 8. The van der Waals surface area contributed by atoms with Crippen molar-refractivity contribution in [1.29, 1.82) is 0 Å². The number of nitrogens with zero attached hydrogens (tertiary/aromatic N) is 4. The Morgan fingerprint density at radius 3 is 0.600 bits per heavy atom. The quantitative estimate of drug-likeness (QED) is 0.366. The second-order valence-electron chi connectivity index (χ2n) is 9.96. The van der Waals surface area contributed by atoms with Gasteiger partial charge in [-0.15, -0.1) is 0 Å². The van der Waals surface area contributed by atoms with E-state index in [0.717, 1.165) is 120 Å². The van der Waals surface area contributed by atoms with Crippen LogP contribution in [0.1, 0.15) is 45.6 Å². The van der Waals surface area contributed by atoms with Crippen LogP contribution in [0.3, 0.4) is 0 Å². The second kappa shape index (κ2) is 12.8. The van der Waals surface area contributed by atoms with E-state index in [1.807, 2.05) is 48.5 Å². The Labute approximate surface area is 235 Å². The van der Waals surface area contributed by atoms with E-state index in [9.17, 15) is 0 Å². The van der Waals surface area contributed by atoms with Gasteiger partial charge in [0, 0.05) is 94.1 Å². The van der Waals surface area contributed by atoms with Crippen LogP contribution in [-0.4, -0.2) is 48.4 Å². The van der Waals surface area contributed by atoms with Crippen molar-refractivity contribution >= 4 is 0 Å². The zero-order chi connectivity index (χ0) is 27.9. The largest absolute Gasteiger partial charge is 0.497 e. The molecule has 208 valence electrons. The first kappa shape index (κ1) is 27.4. The summed E-state index contributed by atoms with van der Waals surface area (Å²) in [6, 6.07) is 16.0. The van der Waals surface area contributed by atoms with E-state index < -0.39 is 0 Å². The summed E-state index contributed by atoms with van der Waals surface area (Å²) in [4.78, 5) is 19.8.